The number of carbonyl (C=O) groups is 2. The van der Waals surface area contributed by atoms with Crippen molar-refractivity contribution >= 4 is 29.1 Å². The third kappa shape index (κ3) is 1.82. The number of halogens is 1. The molecule has 3 nitrogen and oxygen atoms in total. The van der Waals surface area contributed by atoms with E-state index in [0.29, 0.717) is 21.8 Å². The van der Waals surface area contributed by atoms with Crippen LogP contribution in [-0.2, 0) is 0 Å². The van der Waals surface area contributed by atoms with Gasteiger partial charge >= 0.3 is 0 Å². The second-order valence-corrected chi connectivity index (χ2v) is 5.36. The Morgan fingerprint density at radius 2 is 1.60 bits per heavy atom. The molecule has 1 aliphatic heterocycles. The van der Waals surface area contributed by atoms with Crippen LogP contribution in [0.1, 0.15) is 31.8 Å². The van der Waals surface area contributed by atoms with Crippen LogP contribution in [0.5, 0.6) is 0 Å². The number of hydrogen-bond donors (Lipinski definition) is 0. The molecule has 4 heteroatoms. The Bertz CT molecular complexity index is 752. The first-order valence-corrected chi connectivity index (χ1v) is 6.62. The van der Waals surface area contributed by atoms with Gasteiger partial charge in [-0.3, -0.25) is 9.59 Å². The predicted molar refractivity (Wildman–Crippen MR) is 78.5 cm³/mol. The monoisotopic (exact) mass is 285 g/mol. The van der Waals surface area contributed by atoms with E-state index in [0.717, 1.165) is 11.1 Å². The summed E-state index contributed by atoms with van der Waals surface area (Å²) in [6.07, 6.45) is 0. The van der Waals surface area contributed by atoms with Crippen molar-refractivity contribution in [2.24, 2.45) is 0 Å². The smallest absolute Gasteiger partial charge is 0.266 e. The molecule has 0 fully saturated rings. The minimum absolute atomic E-state index is 0.279. The second kappa shape index (κ2) is 4.46. The Labute approximate surface area is 121 Å². The van der Waals surface area contributed by atoms with E-state index in [1.165, 1.54) is 4.90 Å². The zero-order chi connectivity index (χ0) is 14.4. The van der Waals surface area contributed by atoms with Crippen LogP contribution in [0.2, 0.25) is 5.02 Å². The van der Waals surface area contributed by atoms with Crippen LogP contribution in [0.3, 0.4) is 0 Å². The Morgan fingerprint density at radius 1 is 0.900 bits per heavy atom. The molecule has 0 aromatic heterocycles. The van der Waals surface area contributed by atoms with E-state index in [2.05, 4.69) is 0 Å². The van der Waals surface area contributed by atoms with Gasteiger partial charge in [0, 0.05) is 5.02 Å². The number of amides is 2. The summed E-state index contributed by atoms with van der Waals surface area (Å²) in [5, 5.41) is 0.582. The molecule has 3 rings (SSSR count). The van der Waals surface area contributed by atoms with Crippen molar-refractivity contribution in [2.75, 3.05) is 4.90 Å². The maximum absolute atomic E-state index is 12.5. The summed E-state index contributed by atoms with van der Waals surface area (Å²) < 4.78 is 0. The van der Waals surface area contributed by atoms with Crippen molar-refractivity contribution in [1.29, 1.82) is 0 Å². The van der Waals surface area contributed by atoms with Crippen LogP contribution in [0.4, 0.5) is 5.69 Å². The summed E-state index contributed by atoms with van der Waals surface area (Å²) in [5.41, 5.74) is 3.25. The number of rotatable bonds is 1. The molecular weight excluding hydrogens is 274 g/mol. The third-order valence-corrected chi connectivity index (χ3v) is 3.68. The van der Waals surface area contributed by atoms with Crippen LogP contribution in [-0.4, -0.2) is 11.8 Å². The van der Waals surface area contributed by atoms with Crippen molar-refractivity contribution in [1.82, 2.24) is 0 Å². The number of nitrogens with zero attached hydrogens (tertiary/aromatic N) is 1. The van der Waals surface area contributed by atoms with Crippen molar-refractivity contribution in [2.45, 2.75) is 13.8 Å². The fourth-order valence-corrected chi connectivity index (χ4v) is 2.67. The molecule has 1 heterocycles. The Balaban J connectivity index is 2.14. The number of hydrogen-bond acceptors (Lipinski definition) is 2. The summed E-state index contributed by atoms with van der Waals surface area (Å²) in [6.45, 7) is 3.73. The van der Waals surface area contributed by atoms with E-state index in [-0.39, 0.29) is 11.8 Å². The number of imide groups is 1. The molecule has 0 aliphatic carbocycles. The lowest BCUT2D eigenvalue weighted by Gasteiger charge is -2.16. The summed E-state index contributed by atoms with van der Waals surface area (Å²) in [5.74, 6) is -0.561. The SMILES string of the molecule is Cc1ccc2c(c1)C(=O)N(c1ccc(Cl)cc1C)C2=O. The van der Waals surface area contributed by atoms with Crippen LogP contribution in [0.15, 0.2) is 36.4 Å². The van der Waals surface area contributed by atoms with E-state index in [9.17, 15) is 9.59 Å². The molecule has 20 heavy (non-hydrogen) atoms. The highest BCUT2D eigenvalue weighted by Gasteiger charge is 2.37. The first kappa shape index (κ1) is 12.9. The van der Waals surface area contributed by atoms with Gasteiger partial charge in [-0.2, -0.15) is 0 Å². The van der Waals surface area contributed by atoms with Gasteiger partial charge in [0.1, 0.15) is 0 Å². The third-order valence-electron chi connectivity index (χ3n) is 3.44. The molecule has 2 aromatic rings. The molecule has 0 unspecified atom stereocenters. The highest BCUT2D eigenvalue weighted by atomic mass is 35.5. The fourth-order valence-electron chi connectivity index (χ4n) is 2.44. The number of anilines is 1. The number of fused-ring (bicyclic) bond motifs is 1. The van der Waals surface area contributed by atoms with Crippen LogP contribution < -0.4 is 4.90 Å². The molecule has 0 radical (unpaired) electrons. The standard InChI is InChI=1S/C16H12ClNO2/c1-9-3-5-12-13(7-9)16(20)18(15(12)19)14-6-4-11(17)8-10(14)2/h3-8H,1-2H3. The first-order valence-electron chi connectivity index (χ1n) is 6.24. The largest absolute Gasteiger partial charge is 0.268 e. The lowest BCUT2D eigenvalue weighted by molar-refractivity contribution is 0.0926. The highest BCUT2D eigenvalue weighted by molar-refractivity contribution is 6.35. The van der Waals surface area contributed by atoms with E-state index in [1.807, 2.05) is 19.9 Å². The van der Waals surface area contributed by atoms with Gasteiger partial charge in [-0.05, 0) is 49.7 Å². The molecule has 0 N–H and O–H groups in total. The fraction of sp³-hybridized carbons (Fsp3) is 0.125. The Hall–Kier alpha value is -2.13. The molecule has 0 saturated carbocycles. The average Bonchev–Trinajstić information content (AvgIpc) is 2.63. The van der Waals surface area contributed by atoms with Crippen LogP contribution in [0.25, 0.3) is 0 Å². The van der Waals surface area contributed by atoms with Gasteiger partial charge in [0.05, 0.1) is 16.8 Å². The van der Waals surface area contributed by atoms with E-state index >= 15 is 0 Å². The summed E-state index contributed by atoms with van der Waals surface area (Å²) in [6, 6.07) is 10.4. The van der Waals surface area contributed by atoms with Gasteiger partial charge < -0.3 is 0 Å². The van der Waals surface area contributed by atoms with Crippen molar-refractivity contribution < 1.29 is 9.59 Å². The van der Waals surface area contributed by atoms with Gasteiger partial charge in [-0.15, -0.1) is 0 Å². The lowest BCUT2D eigenvalue weighted by atomic mass is 10.1. The lowest BCUT2D eigenvalue weighted by Crippen LogP contribution is -2.29. The number of aryl methyl sites for hydroxylation is 2. The second-order valence-electron chi connectivity index (χ2n) is 4.93. The van der Waals surface area contributed by atoms with Crippen molar-refractivity contribution in [3.8, 4) is 0 Å². The molecule has 1 aliphatic rings. The zero-order valence-corrected chi connectivity index (χ0v) is 11.9. The van der Waals surface area contributed by atoms with Crippen molar-refractivity contribution in [3.05, 3.63) is 63.7 Å². The predicted octanol–water partition coefficient (Wildman–Crippen LogP) is 3.76. The number of carbonyl (C=O) groups excluding carboxylic acids is 2. The quantitative estimate of drug-likeness (QED) is 0.748. The molecule has 2 aromatic carbocycles. The van der Waals surface area contributed by atoms with Gasteiger partial charge in [-0.1, -0.05) is 23.2 Å². The van der Waals surface area contributed by atoms with Crippen LogP contribution >= 0.6 is 11.6 Å². The van der Waals surface area contributed by atoms with E-state index < -0.39 is 0 Å². The zero-order valence-electron chi connectivity index (χ0n) is 11.1. The molecule has 0 spiro atoms. The normalized spacial score (nSPS) is 13.8. The highest BCUT2D eigenvalue weighted by Crippen LogP contribution is 2.32. The number of benzene rings is 2. The minimum atomic E-state index is -0.282. The topological polar surface area (TPSA) is 37.4 Å². The average molecular weight is 286 g/mol. The van der Waals surface area contributed by atoms with Crippen LogP contribution in [0, 0.1) is 13.8 Å². The summed E-state index contributed by atoms with van der Waals surface area (Å²) >= 11 is 5.92. The molecular formula is C16H12ClNO2. The Morgan fingerprint density at radius 3 is 2.30 bits per heavy atom. The molecule has 0 bridgehead atoms. The maximum atomic E-state index is 12.5. The van der Waals surface area contributed by atoms with Gasteiger partial charge in [0.2, 0.25) is 0 Å². The maximum Gasteiger partial charge on any atom is 0.266 e. The van der Waals surface area contributed by atoms with Crippen molar-refractivity contribution in [3.63, 3.8) is 0 Å². The summed E-state index contributed by atoms with van der Waals surface area (Å²) in [7, 11) is 0. The van der Waals surface area contributed by atoms with Gasteiger partial charge in [0.15, 0.2) is 0 Å². The van der Waals surface area contributed by atoms with Gasteiger partial charge in [0.25, 0.3) is 11.8 Å². The first-order chi connectivity index (χ1) is 9.49. The van der Waals surface area contributed by atoms with E-state index in [1.54, 1.807) is 30.3 Å². The molecule has 0 saturated heterocycles. The molecule has 100 valence electrons. The molecule has 0 atom stereocenters. The molecule has 2 amide bonds. The summed E-state index contributed by atoms with van der Waals surface area (Å²) in [4.78, 5) is 26.1. The van der Waals surface area contributed by atoms with E-state index in [4.69, 9.17) is 11.6 Å². The van der Waals surface area contributed by atoms with Gasteiger partial charge in [-0.25, -0.2) is 4.90 Å². The Kier molecular flexibility index (Phi) is 2.87. The minimum Gasteiger partial charge on any atom is -0.268 e.